The van der Waals surface area contributed by atoms with Crippen LogP contribution < -0.4 is 5.32 Å². The molecule has 0 fully saturated rings. The van der Waals surface area contributed by atoms with E-state index in [9.17, 15) is 0 Å². The fourth-order valence-electron chi connectivity index (χ4n) is 1.84. The van der Waals surface area contributed by atoms with Gasteiger partial charge in [0, 0.05) is 17.6 Å². The maximum Gasteiger partial charge on any atom is 0.0434 e. The van der Waals surface area contributed by atoms with Gasteiger partial charge in [-0.1, -0.05) is 41.4 Å². The molecule has 0 amide bonds. The molecule has 0 spiro atoms. The van der Waals surface area contributed by atoms with Crippen molar-refractivity contribution < 1.29 is 5.11 Å². The zero-order chi connectivity index (χ0) is 12.7. The Labute approximate surface area is 113 Å². The van der Waals surface area contributed by atoms with Crippen molar-refractivity contribution in [3.05, 3.63) is 33.8 Å². The van der Waals surface area contributed by atoms with Gasteiger partial charge in [0.2, 0.25) is 0 Å². The molecule has 96 valence electrons. The molecule has 0 aliphatic rings. The van der Waals surface area contributed by atoms with E-state index in [1.165, 1.54) is 15.6 Å². The molecule has 1 aromatic rings. The van der Waals surface area contributed by atoms with Gasteiger partial charge in [0.25, 0.3) is 0 Å². The second kappa shape index (κ2) is 7.85. The molecule has 1 unspecified atom stereocenters. The minimum atomic E-state index is 0.286. The first kappa shape index (κ1) is 14.7. The van der Waals surface area contributed by atoms with E-state index < -0.39 is 0 Å². The van der Waals surface area contributed by atoms with Gasteiger partial charge in [-0.3, -0.25) is 0 Å². The summed E-state index contributed by atoms with van der Waals surface area (Å²) in [5.74, 6) is 0.573. The molecule has 3 heteroatoms. The Hall–Kier alpha value is -0.380. The molecule has 0 aliphatic carbocycles. The number of aryl methyl sites for hydroxylation is 1. The summed E-state index contributed by atoms with van der Waals surface area (Å²) in [6.07, 6.45) is 2.00. The van der Waals surface area contributed by atoms with Crippen LogP contribution in [0.1, 0.15) is 30.9 Å². The summed E-state index contributed by atoms with van der Waals surface area (Å²) >= 11 is 3.58. The van der Waals surface area contributed by atoms with Crippen molar-refractivity contribution in [1.82, 2.24) is 5.32 Å². The number of hydrogen-bond donors (Lipinski definition) is 2. The van der Waals surface area contributed by atoms with Crippen molar-refractivity contribution in [3.8, 4) is 0 Å². The lowest BCUT2D eigenvalue weighted by atomic mass is 10.0. The van der Waals surface area contributed by atoms with Crippen LogP contribution in [0.25, 0.3) is 0 Å². The third-order valence-electron chi connectivity index (χ3n) is 3.07. The first-order valence-corrected chi connectivity index (χ1v) is 7.03. The van der Waals surface area contributed by atoms with Crippen molar-refractivity contribution >= 4 is 15.9 Å². The van der Waals surface area contributed by atoms with E-state index in [1.807, 2.05) is 0 Å². The molecule has 0 radical (unpaired) electrons. The lowest BCUT2D eigenvalue weighted by molar-refractivity contribution is 0.251. The van der Waals surface area contributed by atoms with Crippen LogP contribution in [0.2, 0.25) is 0 Å². The monoisotopic (exact) mass is 299 g/mol. The normalized spacial score (nSPS) is 12.7. The maximum atomic E-state index is 8.92. The number of rotatable bonds is 7. The topological polar surface area (TPSA) is 32.3 Å². The van der Waals surface area contributed by atoms with Crippen LogP contribution in [0.15, 0.2) is 22.7 Å². The Morgan fingerprint density at radius 2 is 2.18 bits per heavy atom. The van der Waals surface area contributed by atoms with Crippen molar-refractivity contribution in [2.75, 3.05) is 13.2 Å². The zero-order valence-electron chi connectivity index (χ0n) is 10.7. The minimum absolute atomic E-state index is 0.286. The fraction of sp³-hybridized carbons (Fsp3) is 0.571. The number of halogens is 1. The summed E-state index contributed by atoms with van der Waals surface area (Å²) in [4.78, 5) is 0. The molecule has 1 rings (SSSR count). The van der Waals surface area contributed by atoms with Crippen molar-refractivity contribution in [1.29, 1.82) is 0 Å². The Balaban J connectivity index is 2.39. The lowest BCUT2D eigenvalue weighted by Crippen LogP contribution is -2.23. The smallest absolute Gasteiger partial charge is 0.0434 e. The predicted octanol–water partition coefficient (Wildman–Crippen LogP) is 3.26. The van der Waals surface area contributed by atoms with E-state index in [-0.39, 0.29) is 6.61 Å². The Kier molecular flexibility index (Phi) is 6.78. The number of benzene rings is 1. The Bertz CT molecular complexity index is 341. The van der Waals surface area contributed by atoms with E-state index in [4.69, 9.17) is 5.11 Å². The summed E-state index contributed by atoms with van der Waals surface area (Å²) in [6, 6.07) is 6.42. The number of hydrogen-bond acceptors (Lipinski definition) is 2. The van der Waals surface area contributed by atoms with Crippen LogP contribution in [0.3, 0.4) is 0 Å². The van der Waals surface area contributed by atoms with Gasteiger partial charge in [-0.25, -0.2) is 0 Å². The SMILES string of the molecule is CCC(CCO)CNCc1ccc(C)cc1Br. The molecule has 0 heterocycles. The van der Waals surface area contributed by atoms with E-state index >= 15 is 0 Å². The van der Waals surface area contributed by atoms with E-state index in [1.54, 1.807) is 0 Å². The average molecular weight is 300 g/mol. The zero-order valence-corrected chi connectivity index (χ0v) is 12.3. The van der Waals surface area contributed by atoms with Gasteiger partial charge in [-0.05, 0) is 43.0 Å². The molecule has 1 atom stereocenters. The first-order valence-electron chi connectivity index (χ1n) is 6.24. The third kappa shape index (κ3) is 5.19. The maximum absolute atomic E-state index is 8.92. The molecular weight excluding hydrogens is 278 g/mol. The second-order valence-electron chi connectivity index (χ2n) is 4.51. The van der Waals surface area contributed by atoms with Crippen LogP contribution in [-0.2, 0) is 6.54 Å². The standard InChI is InChI=1S/C14H22BrNO/c1-3-12(6-7-17)9-16-10-13-5-4-11(2)8-14(13)15/h4-5,8,12,16-17H,3,6-7,9-10H2,1-2H3. The summed E-state index contributed by atoms with van der Waals surface area (Å²) in [7, 11) is 0. The highest BCUT2D eigenvalue weighted by molar-refractivity contribution is 9.10. The largest absolute Gasteiger partial charge is 0.396 e. The first-order chi connectivity index (χ1) is 8.17. The van der Waals surface area contributed by atoms with Crippen molar-refractivity contribution in [3.63, 3.8) is 0 Å². The number of aliphatic hydroxyl groups is 1. The van der Waals surface area contributed by atoms with E-state index in [0.717, 1.165) is 25.9 Å². The molecule has 0 bridgehead atoms. The highest BCUT2D eigenvalue weighted by atomic mass is 79.9. The van der Waals surface area contributed by atoms with Crippen LogP contribution in [0, 0.1) is 12.8 Å². The highest BCUT2D eigenvalue weighted by Crippen LogP contribution is 2.18. The van der Waals surface area contributed by atoms with E-state index in [0.29, 0.717) is 5.92 Å². The van der Waals surface area contributed by atoms with Gasteiger partial charge in [0.1, 0.15) is 0 Å². The third-order valence-corrected chi connectivity index (χ3v) is 3.81. The Morgan fingerprint density at radius 3 is 2.76 bits per heavy atom. The molecule has 2 N–H and O–H groups in total. The van der Waals surface area contributed by atoms with Crippen LogP contribution >= 0.6 is 15.9 Å². The van der Waals surface area contributed by atoms with Crippen LogP contribution in [-0.4, -0.2) is 18.3 Å². The minimum Gasteiger partial charge on any atom is -0.396 e. The van der Waals surface area contributed by atoms with Crippen molar-refractivity contribution in [2.45, 2.75) is 33.2 Å². The van der Waals surface area contributed by atoms with Gasteiger partial charge < -0.3 is 10.4 Å². The van der Waals surface area contributed by atoms with Crippen LogP contribution in [0.5, 0.6) is 0 Å². The van der Waals surface area contributed by atoms with Crippen LogP contribution in [0.4, 0.5) is 0 Å². The fourth-order valence-corrected chi connectivity index (χ4v) is 2.47. The van der Waals surface area contributed by atoms with Gasteiger partial charge in [0.05, 0.1) is 0 Å². The van der Waals surface area contributed by atoms with E-state index in [2.05, 4.69) is 53.3 Å². The summed E-state index contributed by atoms with van der Waals surface area (Å²) < 4.78 is 1.17. The van der Waals surface area contributed by atoms with Gasteiger partial charge in [-0.2, -0.15) is 0 Å². The van der Waals surface area contributed by atoms with Gasteiger partial charge in [0.15, 0.2) is 0 Å². The summed E-state index contributed by atoms with van der Waals surface area (Å²) in [5, 5.41) is 12.4. The average Bonchev–Trinajstić information content (AvgIpc) is 2.30. The lowest BCUT2D eigenvalue weighted by Gasteiger charge is -2.15. The molecule has 0 aliphatic heterocycles. The number of aliphatic hydroxyl groups excluding tert-OH is 1. The van der Waals surface area contributed by atoms with Gasteiger partial charge >= 0.3 is 0 Å². The molecule has 2 nitrogen and oxygen atoms in total. The molecule has 0 saturated heterocycles. The Morgan fingerprint density at radius 1 is 1.41 bits per heavy atom. The molecule has 0 aromatic heterocycles. The number of nitrogens with one attached hydrogen (secondary N) is 1. The highest BCUT2D eigenvalue weighted by Gasteiger charge is 2.05. The second-order valence-corrected chi connectivity index (χ2v) is 5.37. The molecule has 0 saturated carbocycles. The van der Waals surface area contributed by atoms with Gasteiger partial charge in [-0.15, -0.1) is 0 Å². The molecule has 1 aromatic carbocycles. The summed E-state index contributed by atoms with van der Waals surface area (Å²) in [5.41, 5.74) is 2.56. The molecular formula is C14H22BrNO. The summed E-state index contributed by atoms with van der Waals surface area (Å²) in [6.45, 7) is 6.40. The molecule has 17 heavy (non-hydrogen) atoms. The van der Waals surface area contributed by atoms with Crippen molar-refractivity contribution in [2.24, 2.45) is 5.92 Å². The quantitative estimate of drug-likeness (QED) is 0.810. The predicted molar refractivity (Wildman–Crippen MR) is 76.1 cm³/mol.